The molecule has 3 aromatic rings. The molecule has 0 saturated carbocycles. The number of carbonyl (C=O) groups is 1. The van der Waals surface area contributed by atoms with Crippen molar-refractivity contribution in [2.75, 3.05) is 0 Å². The van der Waals surface area contributed by atoms with E-state index >= 15 is 0 Å². The van der Waals surface area contributed by atoms with Gasteiger partial charge < -0.3 is 14.4 Å². The molecular weight excluding hydrogens is 282 g/mol. The first-order valence-corrected chi connectivity index (χ1v) is 6.68. The Morgan fingerprint density at radius 2 is 1.73 bits per heavy atom. The van der Waals surface area contributed by atoms with Gasteiger partial charge in [-0.3, -0.25) is 4.79 Å². The van der Waals surface area contributed by atoms with Crippen LogP contribution in [0.4, 0.5) is 0 Å². The molecule has 0 fully saturated rings. The van der Waals surface area contributed by atoms with Crippen LogP contribution in [0.2, 0.25) is 0 Å². The van der Waals surface area contributed by atoms with Gasteiger partial charge in [0, 0.05) is 12.5 Å². The van der Waals surface area contributed by atoms with Gasteiger partial charge in [0.2, 0.25) is 0 Å². The zero-order valence-corrected chi connectivity index (χ0v) is 11.8. The van der Waals surface area contributed by atoms with Gasteiger partial charge >= 0.3 is 11.9 Å². The molecule has 5 nitrogen and oxygen atoms in total. The zero-order valence-electron chi connectivity index (χ0n) is 11.8. The summed E-state index contributed by atoms with van der Waals surface area (Å²) >= 11 is 0. The standard InChI is InChI=1S/C17H13NO4/c1-11(19)21-17-15(12-7-9-14(20)10-8-12)16(18-22-17)13-5-3-2-4-6-13/h2-10,20H,1H3. The molecule has 0 bridgehead atoms. The van der Waals surface area contributed by atoms with Gasteiger partial charge in [-0.25, -0.2) is 0 Å². The molecule has 1 N–H and O–H groups in total. The molecule has 0 unspecified atom stereocenters. The average Bonchev–Trinajstić information content (AvgIpc) is 2.92. The van der Waals surface area contributed by atoms with Crippen molar-refractivity contribution in [1.29, 1.82) is 0 Å². The van der Waals surface area contributed by atoms with Gasteiger partial charge in [-0.2, -0.15) is 0 Å². The number of carbonyl (C=O) groups excluding carboxylic acids is 1. The first-order chi connectivity index (χ1) is 10.6. The van der Waals surface area contributed by atoms with E-state index in [-0.39, 0.29) is 11.7 Å². The van der Waals surface area contributed by atoms with Gasteiger partial charge in [0.15, 0.2) is 0 Å². The van der Waals surface area contributed by atoms with E-state index in [0.717, 1.165) is 11.1 Å². The Labute approximate surface area is 126 Å². The molecule has 0 radical (unpaired) electrons. The Balaban J connectivity index is 2.17. The largest absolute Gasteiger partial charge is 0.508 e. The number of ether oxygens (including phenoxy) is 1. The van der Waals surface area contributed by atoms with Gasteiger partial charge in [-0.05, 0) is 17.7 Å². The number of phenols is 1. The summed E-state index contributed by atoms with van der Waals surface area (Å²) in [6, 6.07) is 16.0. The summed E-state index contributed by atoms with van der Waals surface area (Å²) in [5.41, 5.74) is 2.71. The summed E-state index contributed by atoms with van der Waals surface area (Å²) in [7, 11) is 0. The van der Waals surface area contributed by atoms with Crippen LogP contribution >= 0.6 is 0 Å². The lowest BCUT2D eigenvalue weighted by Crippen LogP contribution is -2.01. The normalized spacial score (nSPS) is 10.4. The maximum Gasteiger partial charge on any atom is 0.327 e. The number of nitrogens with zero attached hydrogens (tertiary/aromatic N) is 1. The maximum atomic E-state index is 11.2. The van der Waals surface area contributed by atoms with E-state index in [9.17, 15) is 9.90 Å². The molecule has 3 rings (SSSR count). The highest BCUT2D eigenvalue weighted by Gasteiger charge is 2.21. The van der Waals surface area contributed by atoms with Crippen LogP contribution in [-0.2, 0) is 4.79 Å². The van der Waals surface area contributed by atoms with E-state index in [1.165, 1.54) is 6.92 Å². The Morgan fingerprint density at radius 3 is 2.36 bits per heavy atom. The molecule has 5 heteroatoms. The Bertz CT molecular complexity index is 791. The number of rotatable bonds is 3. The molecule has 1 heterocycles. The molecule has 1 aromatic heterocycles. The van der Waals surface area contributed by atoms with Crippen molar-refractivity contribution < 1.29 is 19.2 Å². The van der Waals surface area contributed by atoms with Crippen molar-refractivity contribution >= 4 is 5.97 Å². The fourth-order valence-corrected chi connectivity index (χ4v) is 2.15. The lowest BCUT2D eigenvalue weighted by Gasteiger charge is -2.04. The average molecular weight is 295 g/mol. The van der Waals surface area contributed by atoms with Crippen molar-refractivity contribution in [1.82, 2.24) is 5.16 Å². The highest BCUT2D eigenvalue weighted by Crippen LogP contribution is 2.39. The van der Waals surface area contributed by atoms with Crippen molar-refractivity contribution in [3.8, 4) is 34.1 Å². The van der Waals surface area contributed by atoms with Crippen LogP contribution in [0.5, 0.6) is 11.7 Å². The van der Waals surface area contributed by atoms with E-state index in [1.54, 1.807) is 24.3 Å². The maximum absolute atomic E-state index is 11.2. The number of hydrogen-bond acceptors (Lipinski definition) is 5. The zero-order chi connectivity index (χ0) is 15.5. The molecule has 0 atom stereocenters. The molecule has 0 aliphatic heterocycles. The second-order valence-corrected chi connectivity index (χ2v) is 4.70. The van der Waals surface area contributed by atoms with E-state index in [0.29, 0.717) is 11.3 Å². The van der Waals surface area contributed by atoms with Gasteiger partial charge in [0.1, 0.15) is 11.4 Å². The summed E-state index contributed by atoms with van der Waals surface area (Å²) in [4.78, 5) is 11.2. The van der Waals surface area contributed by atoms with E-state index < -0.39 is 5.97 Å². The first kappa shape index (κ1) is 13.9. The van der Waals surface area contributed by atoms with E-state index in [1.807, 2.05) is 30.3 Å². The fraction of sp³-hybridized carbons (Fsp3) is 0.0588. The molecule has 110 valence electrons. The van der Waals surface area contributed by atoms with Gasteiger partial charge in [-0.15, -0.1) is 0 Å². The number of esters is 1. The molecule has 0 aliphatic rings. The number of phenolic OH excluding ortho intramolecular Hbond substituents is 1. The van der Waals surface area contributed by atoms with Crippen LogP contribution in [0, 0.1) is 0 Å². The van der Waals surface area contributed by atoms with Crippen LogP contribution in [-0.4, -0.2) is 16.2 Å². The highest BCUT2D eigenvalue weighted by atomic mass is 16.6. The molecule has 0 saturated heterocycles. The van der Waals surface area contributed by atoms with Crippen molar-refractivity contribution in [3.63, 3.8) is 0 Å². The number of hydrogen-bond donors (Lipinski definition) is 1. The Kier molecular flexibility index (Phi) is 3.62. The van der Waals surface area contributed by atoms with Crippen LogP contribution in [0.1, 0.15) is 6.92 Å². The minimum absolute atomic E-state index is 0.0389. The number of benzene rings is 2. The first-order valence-electron chi connectivity index (χ1n) is 6.68. The summed E-state index contributed by atoms with van der Waals surface area (Å²) in [5, 5.41) is 13.5. The second-order valence-electron chi connectivity index (χ2n) is 4.70. The molecule has 0 aliphatic carbocycles. The monoisotopic (exact) mass is 295 g/mol. The molecule has 0 spiro atoms. The van der Waals surface area contributed by atoms with Gasteiger partial charge in [0.05, 0.1) is 5.56 Å². The smallest absolute Gasteiger partial charge is 0.327 e. The Morgan fingerprint density at radius 1 is 1.05 bits per heavy atom. The quantitative estimate of drug-likeness (QED) is 0.747. The molecule has 2 aromatic carbocycles. The van der Waals surface area contributed by atoms with Crippen molar-refractivity contribution in [3.05, 3.63) is 54.6 Å². The number of aromatic hydroxyl groups is 1. The van der Waals surface area contributed by atoms with Gasteiger partial charge in [0.25, 0.3) is 0 Å². The third-order valence-electron chi connectivity index (χ3n) is 3.10. The predicted molar refractivity (Wildman–Crippen MR) is 80.3 cm³/mol. The summed E-state index contributed by atoms with van der Waals surface area (Å²) in [5.74, 6) is -0.302. The highest BCUT2D eigenvalue weighted by molar-refractivity contribution is 5.85. The van der Waals surface area contributed by atoms with Crippen molar-refractivity contribution in [2.45, 2.75) is 6.92 Å². The minimum Gasteiger partial charge on any atom is -0.508 e. The third-order valence-corrected chi connectivity index (χ3v) is 3.10. The SMILES string of the molecule is CC(=O)Oc1onc(-c2ccccc2)c1-c1ccc(O)cc1. The lowest BCUT2D eigenvalue weighted by atomic mass is 10.0. The number of aromatic nitrogens is 1. The lowest BCUT2D eigenvalue weighted by molar-refractivity contribution is -0.133. The topological polar surface area (TPSA) is 72.6 Å². The Hall–Kier alpha value is -3.08. The van der Waals surface area contributed by atoms with Crippen molar-refractivity contribution in [2.24, 2.45) is 0 Å². The predicted octanol–water partition coefficient (Wildman–Crippen LogP) is 3.64. The summed E-state index contributed by atoms with van der Waals surface area (Å²) in [6.07, 6.45) is 0. The third kappa shape index (κ3) is 2.69. The summed E-state index contributed by atoms with van der Waals surface area (Å²) in [6.45, 7) is 1.30. The van der Waals surface area contributed by atoms with E-state index in [2.05, 4.69) is 5.16 Å². The van der Waals surface area contributed by atoms with Crippen LogP contribution < -0.4 is 4.74 Å². The van der Waals surface area contributed by atoms with Gasteiger partial charge in [-0.1, -0.05) is 47.6 Å². The molecule has 0 amide bonds. The molecular formula is C17H13NO4. The van der Waals surface area contributed by atoms with E-state index in [4.69, 9.17) is 9.26 Å². The van der Waals surface area contributed by atoms with Crippen LogP contribution in [0.3, 0.4) is 0 Å². The minimum atomic E-state index is -0.490. The fourth-order valence-electron chi connectivity index (χ4n) is 2.15. The van der Waals surface area contributed by atoms with Crippen LogP contribution in [0.15, 0.2) is 59.1 Å². The summed E-state index contributed by atoms with van der Waals surface area (Å²) < 4.78 is 10.3. The second kappa shape index (κ2) is 5.73. The molecule has 22 heavy (non-hydrogen) atoms. The van der Waals surface area contributed by atoms with Crippen LogP contribution in [0.25, 0.3) is 22.4 Å².